The van der Waals surface area contributed by atoms with E-state index in [1.807, 2.05) is 99.3 Å². The number of nitrogens with one attached hydrogen (secondary N) is 1. The predicted octanol–water partition coefficient (Wildman–Crippen LogP) is 8.87. The Bertz CT molecular complexity index is 1970. The molecule has 0 bridgehead atoms. The van der Waals surface area contributed by atoms with Crippen molar-refractivity contribution < 1.29 is 18.9 Å². The van der Waals surface area contributed by atoms with E-state index in [9.17, 15) is 0 Å². The zero-order chi connectivity index (χ0) is 38.9. The molecule has 1 N–H and O–H groups in total. The Hall–Kier alpha value is -4.59. The van der Waals surface area contributed by atoms with Crippen molar-refractivity contribution in [2.45, 2.75) is 58.2 Å². The lowest BCUT2D eigenvalue weighted by Gasteiger charge is -2.45. The fourth-order valence-electron chi connectivity index (χ4n) is 7.53. The van der Waals surface area contributed by atoms with Crippen LogP contribution in [0.3, 0.4) is 0 Å². The zero-order valence-electron chi connectivity index (χ0n) is 33.5. The molecule has 2 aliphatic heterocycles. The van der Waals surface area contributed by atoms with Crippen molar-refractivity contribution in [1.82, 2.24) is 29.8 Å². The summed E-state index contributed by atoms with van der Waals surface area (Å²) in [5.74, 6) is 4.33. The first kappa shape index (κ1) is 44.5. The first-order valence-electron chi connectivity index (χ1n) is 19.5. The summed E-state index contributed by atoms with van der Waals surface area (Å²) in [6, 6.07) is 20.6. The van der Waals surface area contributed by atoms with Gasteiger partial charge in [0.15, 0.2) is 0 Å². The van der Waals surface area contributed by atoms with Crippen molar-refractivity contribution in [3.63, 3.8) is 0 Å². The molecule has 2 fully saturated rings. The number of piperidine rings is 2. The summed E-state index contributed by atoms with van der Waals surface area (Å²) in [7, 11) is 3.34. The fourth-order valence-corrected chi connectivity index (χ4v) is 7.75. The van der Waals surface area contributed by atoms with E-state index in [0.717, 1.165) is 104 Å². The third-order valence-electron chi connectivity index (χ3n) is 10.5. The van der Waals surface area contributed by atoms with Crippen LogP contribution in [0.4, 0.5) is 11.9 Å². The highest BCUT2D eigenvalue weighted by Gasteiger charge is 2.33. The smallest absolute Gasteiger partial charge is 0.237 e. The molecule has 310 valence electrons. The van der Waals surface area contributed by atoms with Gasteiger partial charge in [0, 0.05) is 80.7 Å². The number of aromatic nitrogens is 4. The lowest BCUT2D eigenvalue weighted by Crippen LogP contribution is -2.54. The van der Waals surface area contributed by atoms with Gasteiger partial charge in [-0.3, -0.25) is 10.3 Å². The molecule has 3 aromatic carbocycles. The molecule has 12 nitrogen and oxygen atoms in total. The quantitative estimate of drug-likeness (QED) is 0.102. The van der Waals surface area contributed by atoms with E-state index in [-0.39, 0.29) is 30.9 Å². The van der Waals surface area contributed by atoms with Crippen molar-refractivity contribution in [2.75, 3.05) is 63.9 Å². The average Bonchev–Trinajstić information content (AvgIpc) is 3.25. The minimum Gasteiger partial charge on any atom is -0.497 e. The van der Waals surface area contributed by atoms with Gasteiger partial charge in [-0.2, -0.15) is 0 Å². The molecule has 0 unspecified atom stereocenters. The number of halogens is 3. The third kappa shape index (κ3) is 10.9. The minimum atomic E-state index is 0. The lowest BCUT2D eigenvalue weighted by atomic mass is 9.98. The number of nitrogens with zero attached hydrogens (tertiary/aromatic N) is 7. The molecule has 2 aromatic heterocycles. The van der Waals surface area contributed by atoms with Gasteiger partial charge in [-0.25, -0.2) is 24.9 Å². The van der Waals surface area contributed by atoms with Gasteiger partial charge in [0.2, 0.25) is 11.9 Å². The van der Waals surface area contributed by atoms with Crippen LogP contribution in [-0.2, 0) is 6.54 Å². The van der Waals surface area contributed by atoms with Crippen LogP contribution < -0.4 is 29.3 Å². The number of hydrogen-bond donors (Lipinski definition) is 1. The van der Waals surface area contributed by atoms with E-state index < -0.39 is 0 Å². The van der Waals surface area contributed by atoms with E-state index in [0.29, 0.717) is 41.7 Å². The van der Waals surface area contributed by atoms with Gasteiger partial charge >= 0.3 is 0 Å². The second-order valence-electron chi connectivity index (χ2n) is 14.0. The van der Waals surface area contributed by atoms with Gasteiger partial charge in [0.05, 0.1) is 27.4 Å². The van der Waals surface area contributed by atoms with Crippen LogP contribution >= 0.6 is 36.4 Å². The maximum absolute atomic E-state index is 6.60. The van der Waals surface area contributed by atoms with Crippen molar-refractivity contribution in [1.29, 1.82) is 0 Å². The van der Waals surface area contributed by atoms with Gasteiger partial charge in [-0.05, 0) is 92.6 Å². The molecular weight excluding hydrogens is 799 g/mol. The molecule has 0 atom stereocenters. The van der Waals surface area contributed by atoms with Gasteiger partial charge in [-0.15, -0.1) is 24.8 Å². The molecule has 0 radical (unpaired) electrons. The molecule has 7 rings (SSSR count). The summed E-state index contributed by atoms with van der Waals surface area (Å²) in [4.78, 5) is 23.9. The molecule has 0 spiro atoms. The van der Waals surface area contributed by atoms with Crippen molar-refractivity contribution in [2.24, 2.45) is 0 Å². The van der Waals surface area contributed by atoms with E-state index >= 15 is 0 Å². The minimum absolute atomic E-state index is 0. The van der Waals surface area contributed by atoms with Crippen LogP contribution in [0, 0.1) is 0 Å². The van der Waals surface area contributed by atoms with E-state index in [2.05, 4.69) is 20.2 Å². The van der Waals surface area contributed by atoms with Crippen molar-refractivity contribution >= 4 is 48.3 Å². The summed E-state index contributed by atoms with van der Waals surface area (Å²) in [5, 5.41) is 2.97. The highest BCUT2D eigenvalue weighted by Crippen LogP contribution is 2.37. The molecule has 5 aromatic rings. The third-order valence-corrected chi connectivity index (χ3v) is 10.9. The molecule has 4 heterocycles. The van der Waals surface area contributed by atoms with Crippen LogP contribution in [0.15, 0.2) is 85.5 Å². The molecule has 15 heteroatoms. The second-order valence-corrected chi connectivity index (χ2v) is 14.4. The second kappa shape index (κ2) is 21.4. The number of likely N-dealkylation sites (tertiary alicyclic amines) is 1. The normalized spacial score (nSPS) is 15.0. The number of hydrazine groups is 1. The SMILES string of the molecule is CCOc1cc(CN2CCC(N(Nc3ncc(-c4ccc(OC)cc4)cn3)C3CCN(c4ncc(-c5ccc(OC)cc5)cn4)CC3)CC2)cc(OCC)c1Cl.Cl.Cl. The highest BCUT2D eigenvalue weighted by molar-refractivity contribution is 6.33. The molecule has 0 amide bonds. The zero-order valence-corrected chi connectivity index (χ0v) is 35.9. The Morgan fingerprint density at radius 3 is 1.55 bits per heavy atom. The molecule has 2 aliphatic rings. The Morgan fingerprint density at radius 1 is 0.655 bits per heavy atom. The summed E-state index contributed by atoms with van der Waals surface area (Å²) in [6.45, 7) is 9.40. The van der Waals surface area contributed by atoms with Crippen molar-refractivity contribution in [3.8, 4) is 45.3 Å². The number of ether oxygens (including phenoxy) is 4. The van der Waals surface area contributed by atoms with Gasteiger partial charge in [0.1, 0.15) is 28.0 Å². The molecular formula is C43H53Cl3N8O4. The van der Waals surface area contributed by atoms with Crippen LogP contribution in [0.25, 0.3) is 22.3 Å². The largest absolute Gasteiger partial charge is 0.497 e. The number of methoxy groups -OCH3 is 2. The summed E-state index contributed by atoms with van der Waals surface area (Å²) < 4.78 is 22.4. The average molecular weight is 852 g/mol. The predicted molar refractivity (Wildman–Crippen MR) is 235 cm³/mol. The highest BCUT2D eigenvalue weighted by atomic mass is 35.5. The van der Waals surface area contributed by atoms with Crippen LogP contribution in [0.5, 0.6) is 23.0 Å². The Morgan fingerprint density at radius 2 is 1.10 bits per heavy atom. The van der Waals surface area contributed by atoms with Crippen LogP contribution in [0.2, 0.25) is 5.02 Å². The topological polar surface area (TPSA) is 110 Å². The van der Waals surface area contributed by atoms with Gasteiger partial charge < -0.3 is 23.8 Å². The van der Waals surface area contributed by atoms with Crippen LogP contribution in [0.1, 0.15) is 45.1 Å². The summed E-state index contributed by atoms with van der Waals surface area (Å²) in [5.41, 5.74) is 8.84. The van der Waals surface area contributed by atoms with Crippen LogP contribution in [-0.4, -0.2) is 95.5 Å². The summed E-state index contributed by atoms with van der Waals surface area (Å²) >= 11 is 6.60. The molecule has 0 aliphatic carbocycles. The van der Waals surface area contributed by atoms with E-state index in [4.69, 9.17) is 50.5 Å². The number of hydrogen-bond acceptors (Lipinski definition) is 12. The first-order valence-corrected chi connectivity index (χ1v) is 19.9. The number of anilines is 2. The van der Waals surface area contributed by atoms with Crippen molar-refractivity contribution in [3.05, 3.63) is 96.0 Å². The standard InChI is InChI=1S/C43H51ClN8O4.2ClH/c1-5-55-39-23-30(24-40(41(39)44)56-6-2)29-50-19-15-35(16-20-50)52(49-42-45-25-33(26-46-42)31-7-11-37(53-3)12-8-31)36-17-21-51(22-18-36)43-47-27-34(28-48-43)32-9-13-38(54-4)14-10-32;;/h7-14,23-28,35-36H,5-6,15-22,29H2,1-4H3,(H,45,46,49);2*1H. The fraction of sp³-hybridized carbons (Fsp3) is 0.395. The molecule has 58 heavy (non-hydrogen) atoms. The lowest BCUT2D eigenvalue weighted by molar-refractivity contribution is 0.0807. The Balaban J connectivity index is 0.00000320. The van der Waals surface area contributed by atoms with E-state index in [1.165, 1.54) is 0 Å². The molecule has 2 saturated heterocycles. The number of rotatable bonds is 15. The summed E-state index contributed by atoms with van der Waals surface area (Å²) in [6.07, 6.45) is 11.5. The van der Waals surface area contributed by atoms with E-state index in [1.54, 1.807) is 14.2 Å². The monoisotopic (exact) mass is 850 g/mol. The Labute approximate surface area is 359 Å². The molecule has 0 saturated carbocycles. The first-order chi connectivity index (χ1) is 27.4. The maximum atomic E-state index is 6.60. The van der Waals surface area contributed by atoms with Gasteiger partial charge in [-0.1, -0.05) is 35.9 Å². The maximum Gasteiger partial charge on any atom is 0.237 e. The number of benzene rings is 3. The Kier molecular flexibility index (Phi) is 16.4. The van der Waals surface area contributed by atoms with Gasteiger partial charge in [0.25, 0.3) is 0 Å².